The molecule has 3 rings (SSSR count). The lowest BCUT2D eigenvalue weighted by atomic mass is 10.0. The van der Waals surface area contributed by atoms with Crippen LogP contribution in [0.4, 0.5) is 13.2 Å². The van der Waals surface area contributed by atoms with Gasteiger partial charge in [-0.15, -0.1) is 24.0 Å². The molecule has 0 radical (unpaired) electrons. The van der Waals surface area contributed by atoms with E-state index in [4.69, 9.17) is 9.26 Å². The van der Waals surface area contributed by atoms with E-state index in [9.17, 15) is 13.2 Å². The van der Waals surface area contributed by atoms with E-state index < -0.39 is 17.8 Å². The molecule has 0 saturated carbocycles. The summed E-state index contributed by atoms with van der Waals surface area (Å²) in [6, 6.07) is 5.29. The molecule has 1 aliphatic rings. The zero-order chi connectivity index (χ0) is 22.4. The van der Waals surface area contributed by atoms with Crippen LogP contribution in [0.25, 0.3) is 0 Å². The quantitative estimate of drug-likeness (QED) is 0.317. The molecule has 1 aromatic heterocycles. The third-order valence-corrected chi connectivity index (χ3v) is 4.87. The number of guanidine groups is 1. The summed E-state index contributed by atoms with van der Waals surface area (Å²) in [5, 5.41) is 7.19. The number of aromatic nitrogens is 2. The lowest BCUT2D eigenvalue weighted by molar-refractivity contribution is -0.137. The number of rotatable bonds is 6. The van der Waals surface area contributed by atoms with Crippen molar-refractivity contribution in [2.24, 2.45) is 4.99 Å². The fourth-order valence-electron chi connectivity index (χ4n) is 3.25. The van der Waals surface area contributed by atoms with Gasteiger partial charge in [-0.2, -0.15) is 18.2 Å². The van der Waals surface area contributed by atoms with Gasteiger partial charge in [0.2, 0.25) is 5.89 Å². The number of hydrogen-bond donors (Lipinski definition) is 1. The molecule has 11 heteroatoms. The van der Waals surface area contributed by atoms with Crippen LogP contribution in [0.5, 0.6) is 0 Å². The standard InChI is InChI=1S/C21H28F3N5O2.HI/c1-4-25-20(26-9-8-18-27-19(14(2)3)28-31-18)29-10-11-30-17(13-29)15-6-5-7-16(12-15)21(22,23)24;/h5-7,12,14,17H,4,8-11,13H2,1-3H3,(H,25,26);1H. The molecule has 2 heterocycles. The van der Waals surface area contributed by atoms with Gasteiger partial charge in [0.15, 0.2) is 11.8 Å². The molecule has 2 aromatic rings. The molecule has 0 spiro atoms. The van der Waals surface area contributed by atoms with E-state index in [1.807, 2.05) is 25.7 Å². The Morgan fingerprint density at radius 3 is 2.78 bits per heavy atom. The average Bonchev–Trinajstić information content (AvgIpc) is 3.22. The highest BCUT2D eigenvalue weighted by molar-refractivity contribution is 14.0. The third-order valence-electron chi connectivity index (χ3n) is 4.87. The van der Waals surface area contributed by atoms with Crippen LogP contribution in [0, 0.1) is 0 Å². The largest absolute Gasteiger partial charge is 0.416 e. The Kier molecular flexibility index (Phi) is 9.74. The first-order chi connectivity index (χ1) is 14.8. The highest BCUT2D eigenvalue weighted by Gasteiger charge is 2.32. The van der Waals surface area contributed by atoms with Gasteiger partial charge in [-0.05, 0) is 24.6 Å². The maximum atomic E-state index is 13.1. The second-order valence-corrected chi connectivity index (χ2v) is 7.62. The molecule has 0 aliphatic carbocycles. The highest BCUT2D eigenvalue weighted by Crippen LogP contribution is 2.32. The average molecular weight is 567 g/mol. The molecular formula is C21H29F3IN5O2. The Balaban J connectivity index is 0.00000363. The van der Waals surface area contributed by atoms with Crippen LogP contribution in [-0.4, -0.2) is 53.8 Å². The molecule has 7 nitrogen and oxygen atoms in total. The molecule has 178 valence electrons. The van der Waals surface area contributed by atoms with Crippen LogP contribution in [-0.2, 0) is 17.3 Å². The van der Waals surface area contributed by atoms with Crippen molar-refractivity contribution >= 4 is 29.9 Å². The molecule has 0 amide bonds. The Labute approximate surface area is 202 Å². The van der Waals surface area contributed by atoms with Gasteiger partial charge in [0, 0.05) is 25.4 Å². The maximum Gasteiger partial charge on any atom is 0.416 e. The van der Waals surface area contributed by atoms with Crippen molar-refractivity contribution in [2.45, 2.75) is 45.4 Å². The lowest BCUT2D eigenvalue weighted by Crippen LogP contribution is -2.48. The van der Waals surface area contributed by atoms with Crippen LogP contribution >= 0.6 is 24.0 Å². The molecule has 1 saturated heterocycles. The summed E-state index contributed by atoms with van der Waals surface area (Å²) in [5.41, 5.74) is -0.172. The number of nitrogens with zero attached hydrogens (tertiary/aromatic N) is 4. The summed E-state index contributed by atoms with van der Waals surface area (Å²) in [6.45, 7) is 8.48. The Morgan fingerprint density at radius 2 is 2.12 bits per heavy atom. The fraction of sp³-hybridized carbons (Fsp3) is 0.571. The van der Waals surface area contributed by atoms with Crippen LogP contribution < -0.4 is 5.32 Å². The van der Waals surface area contributed by atoms with Crippen molar-refractivity contribution in [3.05, 3.63) is 47.1 Å². The molecule has 1 aliphatic heterocycles. The van der Waals surface area contributed by atoms with E-state index in [1.165, 1.54) is 6.07 Å². The van der Waals surface area contributed by atoms with Crippen molar-refractivity contribution in [1.82, 2.24) is 20.4 Å². The minimum absolute atomic E-state index is 0. The van der Waals surface area contributed by atoms with Crippen molar-refractivity contribution in [2.75, 3.05) is 32.8 Å². The van der Waals surface area contributed by atoms with E-state index in [1.54, 1.807) is 6.07 Å². The summed E-state index contributed by atoms with van der Waals surface area (Å²) in [6.07, 6.45) is -4.34. The van der Waals surface area contributed by atoms with Gasteiger partial charge >= 0.3 is 6.18 Å². The Hall–Kier alpha value is -1.89. The maximum absolute atomic E-state index is 13.1. The minimum atomic E-state index is -4.38. The summed E-state index contributed by atoms with van der Waals surface area (Å²) in [4.78, 5) is 11.0. The van der Waals surface area contributed by atoms with Gasteiger partial charge in [0.25, 0.3) is 0 Å². The molecule has 1 N–H and O–H groups in total. The summed E-state index contributed by atoms with van der Waals surface area (Å²) < 4.78 is 50.2. The van der Waals surface area contributed by atoms with Gasteiger partial charge < -0.3 is 19.5 Å². The van der Waals surface area contributed by atoms with Crippen molar-refractivity contribution in [3.8, 4) is 0 Å². The van der Waals surface area contributed by atoms with E-state index in [-0.39, 0.29) is 29.9 Å². The van der Waals surface area contributed by atoms with Crippen molar-refractivity contribution < 1.29 is 22.4 Å². The smallest absolute Gasteiger partial charge is 0.370 e. The number of hydrogen-bond acceptors (Lipinski definition) is 5. The molecule has 1 fully saturated rings. The van der Waals surface area contributed by atoms with Crippen LogP contribution in [0.3, 0.4) is 0 Å². The Bertz CT molecular complexity index is 888. The van der Waals surface area contributed by atoms with Crippen molar-refractivity contribution in [1.29, 1.82) is 0 Å². The first kappa shape index (κ1) is 26.4. The van der Waals surface area contributed by atoms with Crippen LogP contribution in [0.1, 0.15) is 55.6 Å². The summed E-state index contributed by atoms with van der Waals surface area (Å²) >= 11 is 0. The SMILES string of the molecule is CCNC(=NCCc1nc(C(C)C)no1)N1CCOC(c2cccc(C(F)(F)F)c2)C1.I. The summed E-state index contributed by atoms with van der Waals surface area (Å²) in [5.74, 6) is 2.08. The zero-order valence-electron chi connectivity index (χ0n) is 18.4. The molecule has 0 bridgehead atoms. The second-order valence-electron chi connectivity index (χ2n) is 7.62. The van der Waals surface area contributed by atoms with Crippen LogP contribution in [0.15, 0.2) is 33.8 Å². The third kappa shape index (κ3) is 7.06. The molecule has 1 unspecified atom stereocenters. The predicted octanol–water partition coefficient (Wildman–Crippen LogP) is 4.41. The van der Waals surface area contributed by atoms with E-state index >= 15 is 0 Å². The van der Waals surface area contributed by atoms with Crippen LogP contribution in [0.2, 0.25) is 0 Å². The molecule has 1 atom stereocenters. The summed E-state index contributed by atoms with van der Waals surface area (Å²) in [7, 11) is 0. The van der Waals surface area contributed by atoms with Crippen molar-refractivity contribution in [3.63, 3.8) is 0 Å². The van der Waals surface area contributed by atoms with E-state index in [2.05, 4.69) is 20.4 Å². The van der Waals surface area contributed by atoms with Gasteiger partial charge in [-0.25, -0.2) is 0 Å². The number of ether oxygens (including phenoxy) is 1. The fourth-order valence-corrected chi connectivity index (χ4v) is 3.25. The van der Waals surface area contributed by atoms with Gasteiger partial charge in [-0.3, -0.25) is 4.99 Å². The number of nitrogens with one attached hydrogen (secondary N) is 1. The number of benzene rings is 1. The first-order valence-electron chi connectivity index (χ1n) is 10.4. The second kappa shape index (κ2) is 11.8. The normalized spacial score (nSPS) is 17.4. The van der Waals surface area contributed by atoms with E-state index in [0.717, 1.165) is 12.1 Å². The number of aliphatic imine (C=N–C) groups is 1. The molecule has 1 aromatic carbocycles. The monoisotopic (exact) mass is 567 g/mol. The lowest BCUT2D eigenvalue weighted by Gasteiger charge is -2.35. The van der Waals surface area contributed by atoms with E-state index in [0.29, 0.717) is 62.4 Å². The highest BCUT2D eigenvalue weighted by atomic mass is 127. The minimum Gasteiger partial charge on any atom is -0.370 e. The van der Waals surface area contributed by atoms with Gasteiger partial charge in [0.05, 0.1) is 25.3 Å². The number of halogens is 4. The predicted molar refractivity (Wildman–Crippen MR) is 125 cm³/mol. The van der Waals surface area contributed by atoms with Gasteiger partial charge in [0.1, 0.15) is 6.10 Å². The molecular weight excluding hydrogens is 538 g/mol. The first-order valence-corrected chi connectivity index (χ1v) is 10.4. The topological polar surface area (TPSA) is 75.8 Å². The van der Waals surface area contributed by atoms with Gasteiger partial charge in [-0.1, -0.05) is 31.1 Å². The molecule has 32 heavy (non-hydrogen) atoms. The number of morpholine rings is 1. The Morgan fingerprint density at radius 1 is 1.34 bits per heavy atom. The zero-order valence-corrected chi connectivity index (χ0v) is 20.7. The number of alkyl halides is 3.